The number of non-ortho nitro benzene ring substituents is 1. The molecule has 0 heterocycles. The number of nitrogens with zero attached hydrogens (tertiary/aromatic N) is 1. The van der Waals surface area contributed by atoms with E-state index < -0.39 is 4.92 Å². The van der Waals surface area contributed by atoms with Gasteiger partial charge in [-0.15, -0.1) is 0 Å². The summed E-state index contributed by atoms with van der Waals surface area (Å²) >= 11 is 2.04. The van der Waals surface area contributed by atoms with Crippen LogP contribution in [0.2, 0.25) is 0 Å². The van der Waals surface area contributed by atoms with Gasteiger partial charge in [0, 0.05) is 15.7 Å². The van der Waals surface area contributed by atoms with Crippen molar-refractivity contribution >= 4 is 34.4 Å². The fourth-order valence-corrected chi connectivity index (χ4v) is 1.50. The molecule has 1 aromatic rings. The predicted molar refractivity (Wildman–Crippen MR) is 55.9 cm³/mol. The van der Waals surface area contributed by atoms with Gasteiger partial charge in [0.15, 0.2) is 0 Å². The van der Waals surface area contributed by atoms with E-state index in [0.717, 1.165) is 9.13 Å². The maximum atomic E-state index is 10.4. The van der Waals surface area contributed by atoms with Crippen LogP contribution >= 0.6 is 22.6 Å². The van der Waals surface area contributed by atoms with E-state index in [2.05, 4.69) is 6.58 Å². The number of benzene rings is 1. The summed E-state index contributed by atoms with van der Waals surface area (Å²) in [4.78, 5) is 9.98. The Labute approximate surface area is 83.4 Å². The fraction of sp³-hybridized carbons (Fsp3) is 0. The van der Waals surface area contributed by atoms with Crippen molar-refractivity contribution in [1.82, 2.24) is 0 Å². The maximum absolute atomic E-state index is 10.4. The van der Waals surface area contributed by atoms with Crippen LogP contribution in [0, 0.1) is 13.7 Å². The van der Waals surface area contributed by atoms with E-state index in [1.165, 1.54) is 12.1 Å². The second kappa shape index (κ2) is 3.66. The van der Waals surface area contributed by atoms with Gasteiger partial charge in [0.2, 0.25) is 0 Å². The molecule has 0 amide bonds. The molecule has 0 N–H and O–H groups in total. The second-order valence-electron chi connectivity index (χ2n) is 2.20. The minimum absolute atomic E-state index is 0.108. The predicted octanol–water partition coefficient (Wildman–Crippen LogP) is 2.84. The number of nitro groups is 1. The number of halogens is 1. The first kappa shape index (κ1) is 9.18. The minimum Gasteiger partial charge on any atom is -0.258 e. The fourth-order valence-electron chi connectivity index (χ4n) is 0.820. The van der Waals surface area contributed by atoms with Gasteiger partial charge in [-0.05, 0) is 34.2 Å². The molecule has 0 fully saturated rings. The van der Waals surface area contributed by atoms with Crippen LogP contribution in [0.4, 0.5) is 5.69 Å². The zero-order valence-electron chi connectivity index (χ0n) is 6.16. The minimum atomic E-state index is -0.408. The maximum Gasteiger partial charge on any atom is 0.271 e. The molecule has 0 saturated heterocycles. The van der Waals surface area contributed by atoms with E-state index in [1.807, 2.05) is 28.7 Å². The quantitative estimate of drug-likeness (QED) is 0.473. The third-order valence-corrected chi connectivity index (χ3v) is 1.97. The van der Waals surface area contributed by atoms with Crippen molar-refractivity contribution < 1.29 is 4.92 Å². The largest absolute Gasteiger partial charge is 0.271 e. The smallest absolute Gasteiger partial charge is 0.258 e. The van der Waals surface area contributed by atoms with E-state index in [9.17, 15) is 10.1 Å². The molecule has 1 rings (SSSR count). The number of rotatable bonds is 2. The zero-order chi connectivity index (χ0) is 9.14. The third-order valence-electron chi connectivity index (χ3n) is 1.35. The Kier molecular flexibility index (Phi) is 2.80. The van der Waals surface area contributed by atoms with Crippen LogP contribution in [-0.4, -0.2) is 4.92 Å². The monoisotopic (exact) mass is 275 g/mol. The Bertz CT molecular complexity index is 336. The summed E-state index contributed by atoms with van der Waals surface area (Å²) in [7, 11) is 0. The van der Waals surface area contributed by atoms with Crippen LogP contribution in [0.1, 0.15) is 5.56 Å². The highest BCUT2D eigenvalue weighted by Gasteiger charge is 2.06. The molecule has 1 aromatic carbocycles. The first-order chi connectivity index (χ1) is 5.63. The molecule has 62 valence electrons. The summed E-state index contributed by atoms with van der Waals surface area (Å²) in [5.41, 5.74) is 0.880. The van der Waals surface area contributed by atoms with Crippen molar-refractivity contribution in [2.45, 2.75) is 0 Å². The highest BCUT2D eigenvalue weighted by molar-refractivity contribution is 14.1. The summed E-state index contributed by atoms with van der Waals surface area (Å²) < 4.78 is 0.844. The number of nitro benzene ring substituents is 1. The molecule has 3 nitrogen and oxygen atoms in total. The van der Waals surface area contributed by atoms with E-state index in [0.29, 0.717) is 0 Å². The molecule has 0 bridgehead atoms. The van der Waals surface area contributed by atoms with Gasteiger partial charge < -0.3 is 0 Å². The van der Waals surface area contributed by atoms with Crippen molar-refractivity contribution in [1.29, 1.82) is 0 Å². The van der Waals surface area contributed by atoms with Crippen LogP contribution < -0.4 is 0 Å². The lowest BCUT2D eigenvalue weighted by atomic mass is 10.2. The van der Waals surface area contributed by atoms with Crippen molar-refractivity contribution in [3.8, 4) is 0 Å². The van der Waals surface area contributed by atoms with E-state index in [-0.39, 0.29) is 5.69 Å². The molecule has 0 spiro atoms. The lowest BCUT2D eigenvalue weighted by Gasteiger charge is -1.95. The van der Waals surface area contributed by atoms with Crippen LogP contribution in [0.3, 0.4) is 0 Å². The Morgan fingerprint density at radius 2 is 2.17 bits per heavy atom. The van der Waals surface area contributed by atoms with Crippen LogP contribution in [0.25, 0.3) is 6.08 Å². The summed E-state index contributed by atoms with van der Waals surface area (Å²) in [6.45, 7) is 3.55. The van der Waals surface area contributed by atoms with Crippen molar-refractivity contribution in [3.05, 3.63) is 44.0 Å². The Balaban J connectivity index is 3.23. The van der Waals surface area contributed by atoms with Gasteiger partial charge in [-0.2, -0.15) is 0 Å². The zero-order valence-corrected chi connectivity index (χ0v) is 8.32. The molecular formula is C8H6INO2. The van der Waals surface area contributed by atoms with Crippen LogP contribution in [0.15, 0.2) is 24.8 Å². The van der Waals surface area contributed by atoms with Crippen molar-refractivity contribution in [2.24, 2.45) is 0 Å². The first-order valence-electron chi connectivity index (χ1n) is 3.21. The molecular weight excluding hydrogens is 269 g/mol. The Morgan fingerprint density at radius 3 is 2.67 bits per heavy atom. The molecule has 0 aliphatic carbocycles. The Hall–Kier alpha value is -0.910. The highest BCUT2D eigenvalue weighted by Crippen LogP contribution is 2.18. The van der Waals surface area contributed by atoms with Gasteiger partial charge in [-0.1, -0.05) is 12.7 Å². The molecule has 0 aliphatic heterocycles. The summed E-state index contributed by atoms with van der Waals surface area (Å²) in [5.74, 6) is 0. The molecule has 0 saturated carbocycles. The normalized spacial score (nSPS) is 9.42. The number of hydrogen-bond donors (Lipinski definition) is 0. The van der Waals surface area contributed by atoms with Gasteiger partial charge in [-0.3, -0.25) is 10.1 Å². The standard InChI is InChI=1S/C8H6INO2/c1-2-6-3-7(9)5-8(4-6)10(11)12/h2-5H,1H2. The molecule has 0 radical (unpaired) electrons. The number of hydrogen-bond acceptors (Lipinski definition) is 2. The van der Waals surface area contributed by atoms with Gasteiger partial charge in [0.1, 0.15) is 0 Å². The lowest BCUT2D eigenvalue weighted by molar-refractivity contribution is -0.385. The molecule has 0 aromatic heterocycles. The topological polar surface area (TPSA) is 43.1 Å². The highest BCUT2D eigenvalue weighted by atomic mass is 127. The van der Waals surface area contributed by atoms with Crippen molar-refractivity contribution in [3.63, 3.8) is 0 Å². The third kappa shape index (κ3) is 2.04. The second-order valence-corrected chi connectivity index (χ2v) is 3.45. The average Bonchev–Trinajstić information content (AvgIpc) is 2.03. The molecule has 0 atom stereocenters. The SMILES string of the molecule is C=Cc1cc(I)cc([N+](=O)[O-])c1. The van der Waals surface area contributed by atoms with Crippen LogP contribution in [0.5, 0.6) is 0 Å². The molecule has 4 heteroatoms. The van der Waals surface area contributed by atoms with Crippen LogP contribution in [-0.2, 0) is 0 Å². The summed E-state index contributed by atoms with van der Waals surface area (Å²) in [5, 5.41) is 10.4. The lowest BCUT2D eigenvalue weighted by Crippen LogP contribution is -1.89. The van der Waals surface area contributed by atoms with E-state index >= 15 is 0 Å². The first-order valence-corrected chi connectivity index (χ1v) is 4.29. The van der Waals surface area contributed by atoms with E-state index in [4.69, 9.17) is 0 Å². The summed E-state index contributed by atoms with van der Waals surface area (Å²) in [6, 6.07) is 4.85. The average molecular weight is 275 g/mol. The Morgan fingerprint density at radius 1 is 1.50 bits per heavy atom. The summed E-state index contributed by atoms with van der Waals surface area (Å²) in [6.07, 6.45) is 1.59. The molecule has 0 unspecified atom stereocenters. The van der Waals surface area contributed by atoms with Gasteiger partial charge >= 0.3 is 0 Å². The van der Waals surface area contributed by atoms with Crippen molar-refractivity contribution in [2.75, 3.05) is 0 Å². The molecule has 0 aliphatic rings. The van der Waals surface area contributed by atoms with Gasteiger partial charge in [0.05, 0.1) is 4.92 Å². The van der Waals surface area contributed by atoms with E-state index in [1.54, 1.807) is 6.08 Å². The van der Waals surface area contributed by atoms with Gasteiger partial charge in [0.25, 0.3) is 5.69 Å². The van der Waals surface area contributed by atoms with Gasteiger partial charge in [-0.25, -0.2) is 0 Å². The molecule has 12 heavy (non-hydrogen) atoms.